The molecule has 1 aromatic carbocycles. The summed E-state index contributed by atoms with van der Waals surface area (Å²) in [5.41, 5.74) is 3.81. The number of carbonyl (C=O) groups is 1. The normalized spacial score (nSPS) is 25.1. The van der Waals surface area contributed by atoms with E-state index in [1.807, 2.05) is 19.4 Å². The van der Waals surface area contributed by atoms with Gasteiger partial charge in [0.05, 0.1) is 18.2 Å². The standard InChI is InChI=1S/C19H24N4O.ClH/c1-23-12-14(9-21-23)16-10-20-11-17(16)19(24)22-18-8-4-6-13-5-2-3-7-15(13)18;/h2-3,5,7,9,12,16-18,20H,4,6,8,10-11H2,1H3,(H,22,24);1H/t16-,17+,18?;/m1./s1. The first-order valence-corrected chi connectivity index (χ1v) is 8.80. The minimum absolute atomic E-state index is 0. The number of nitrogens with one attached hydrogen (secondary N) is 2. The van der Waals surface area contributed by atoms with Crippen molar-refractivity contribution in [3.63, 3.8) is 0 Å². The van der Waals surface area contributed by atoms with E-state index in [0.29, 0.717) is 0 Å². The summed E-state index contributed by atoms with van der Waals surface area (Å²) >= 11 is 0. The van der Waals surface area contributed by atoms with E-state index in [-0.39, 0.29) is 36.2 Å². The number of hydrogen-bond donors (Lipinski definition) is 2. The Morgan fingerprint density at radius 3 is 2.96 bits per heavy atom. The molecule has 134 valence electrons. The number of rotatable bonds is 3. The first-order chi connectivity index (χ1) is 11.7. The maximum atomic E-state index is 12.9. The number of nitrogens with zero attached hydrogens (tertiary/aromatic N) is 2. The SMILES string of the molecule is Cl.Cn1cc([C@H]2CNC[C@@H]2C(=O)NC2CCCc3ccccc32)cn1. The number of aromatic nitrogens is 2. The van der Waals surface area contributed by atoms with E-state index in [4.69, 9.17) is 0 Å². The van der Waals surface area contributed by atoms with Gasteiger partial charge in [-0.05, 0) is 36.0 Å². The lowest BCUT2D eigenvalue weighted by Crippen LogP contribution is -2.38. The summed E-state index contributed by atoms with van der Waals surface area (Å²) in [6.07, 6.45) is 7.19. The molecule has 0 spiro atoms. The number of carbonyl (C=O) groups excluding carboxylic acids is 1. The van der Waals surface area contributed by atoms with E-state index in [9.17, 15) is 4.79 Å². The van der Waals surface area contributed by atoms with Crippen LogP contribution in [0.3, 0.4) is 0 Å². The molecule has 0 saturated carbocycles. The summed E-state index contributed by atoms with van der Waals surface area (Å²) in [7, 11) is 1.92. The minimum Gasteiger partial charge on any atom is -0.349 e. The summed E-state index contributed by atoms with van der Waals surface area (Å²) in [5, 5.41) is 10.9. The van der Waals surface area contributed by atoms with Crippen molar-refractivity contribution < 1.29 is 4.79 Å². The molecule has 6 heteroatoms. The molecule has 1 aliphatic carbocycles. The highest BCUT2D eigenvalue weighted by molar-refractivity contribution is 5.85. The van der Waals surface area contributed by atoms with Gasteiger partial charge in [-0.2, -0.15) is 5.10 Å². The molecule has 2 heterocycles. The molecule has 2 aromatic rings. The van der Waals surface area contributed by atoms with E-state index >= 15 is 0 Å². The second-order valence-corrected chi connectivity index (χ2v) is 6.97. The van der Waals surface area contributed by atoms with Crippen LogP contribution in [0.4, 0.5) is 0 Å². The average Bonchev–Trinajstić information content (AvgIpc) is 3.24. The molecule has 1 aromatic heterocycles. The van der Waals surface area contributed by atoms with Crippen molar-refractivity contribution in [2.45, 2.75) is 31.2 Å². The predicted octanol–water partition coefficient (Wildman–Crippen LogP) is 2.34. The Labute approximate surface area is 154 Å². The topological polar surface area (TPSA) is 59.0 Å². The van der Waals surface area contributed by atoms with Crippen LogP contribution in [0.25, 0.3) is 0 Å². The summed E-state index contributed by atoms with van der Waals surface area (Å²) in [5.74, 6) is 0.344. The zero-order valence-electron chi connectivity index (χ0n) is 14.4. The fourth-order valence-corrected chi connectivity index (χ4v) is 4.12. The van der Waals surface area contributed by atoms with Crippen LogP contribution in [-0.4, -0.2) is 28.8 Å². The Balaban J connectivity index is 0.00000182. The second-order valence-electron chi connectivity index (χ2n) is 6.97. The molecule has 1 saturated heterocycles. The van der Waals surface area contributed by atoms with Crippen molar-refractivity contribution in [3.05, 3.63) is 53.3 Å². The van der Waals surface area contributed by atoms with Crippen LogP contribution in [-0.2, 0) is 18.3 Å². The number of aryl methyl sites for hydroxylation is 2. The van der Waals surface area contributed by atoms with Crippen molar-refractivity contribution in [2.24, 2.45) is 13.0 Å². The average molecular weight is 361 g/mol. The van der Waals surface area contributed by atoms with Gasteiger partial charge in [0.25, 0.3) is 0 Å². The van der Waals surface area contributed by atoms with Crippen LogP contribution in [0.2, 0.25) is 0 Å². The fourth-order valence-electron chi connectivity index (χ4n) is 4.12. The molecular weight excluding hydrogens is 336 g/mol. The van der Waals surface area contributed by atoms with Gasteiger partial charge in [0.1, 0.15) is 0 Å². The van der Waals surface area contributed by atoms with Crippen LogP contribution < -0.4 is 10.6 Å². The smallest absolute Gasteiger partial charge is 0.225 e. The predicted molar refractivity (Wildman–Crippen MR) is 99.8 cm³/mol. The highest BCUT2D eigenvalue weighted by atomic mass is 35.5. The van der Waals surface area contributed by atoms with Crippen LogP contribution >= 0.6 is 12.4 Å². The molecular formula is C19H25ClN4O. The monoisotopic (exact) mass is 360 g/mol. The minimum atomic E-state index is -0.0247. The van der Waals surface area contributed by atoms with Crippen molar-refractivity contribution in [1.82, 2.24) is 20.4 Å². The molecule has 1 fully saturated rings. The molecule has 0 bridgehead atoms. The Kier molecular flexibility index (Phi) is 5.45. The van der Waals surface area contributed by atoms with Gasteiger partial charge in [0.15, 0.2) is 0 Å². The van der Waals surface area contributed by atoms with Crippen molar-refractivity contribution in [1.29, 1.82) is 0 Å². The lowest BCUT2D eigenvalue weighted by Gasteiger charge is -2.28. The van der Waals surface area contributed by atoms with Crippen LogP contribution in [0.5, 0.6) is 0 Å². The maximum Gasteiger partial charge on any atom is 0.225 e. The van der Waals surface area contributed by atoms with Gasteiger partial charge in [0, 0.05) is 32.3 Å². The Bertz CT molecular complexity index is 745. The maximum absolute atomic E-state index is 12.9. The third-order valence-electron chi connectivity index (χ3n) is 5.39. The molecule has 0 radical (unpaired) electrons. The highest BCUT2D eigenvalue weighted by Crippen LogP contribution is 2.32. The second kappa shape index (κ2) is 7.58. The Morgan fingerprint density at radius 1 is 1.32 bits per heavy atom. The molecule has 4 rings (SSSR count). The zero-order valence-corrected chi connectivity index (χ0v) is 15.3. The number of halogens is 1. The quantitative estimate of drug-likeness (QED) is 0.883. The van der Waals surface area contributed by atoms with E-state index in [1.54, 1.807) is 4.68 Å². The largest absolute Gasteiger partial charge is 0.349 e. The lowest BCUT2D eigenvalue weighted by molar-refractivity contribution is -0.125. The van der Waals surface area contributed by atoms with Gasteiger partial charge in [-0.15, -0.1) is 12.4 Å². The molecule has 1 unspecified atom stereocenters. The van der Waals surface area contributed by atoms with Gasteiger partial charge >= 0.3 is 0 Å². The number of amides is 1. The van der Waals surface area contributed by atoms with Crippen molar-refractivity contribution in [3.8, 4) is 0 Å². The molecule has 2 N–H and O–H groups in total. The van der Waals surface area contributed by atoms with Crippen LogP contribution in [0.15, 0.2) is 36.7 Å². The van der Waals surface area contributed by atoms with Crippen LogP contribution in [0.1, 0.15) is 41.5 Å². The molecule has 2 aliphatic rings. The summed E-state index contributed by atoms with van der Waals surface area (Å²) in [6, 6.07) is 8.65. The summed E-state index contributed by atoms with van der Waals surface area (Å²) < 4.78 is 1.81. The lowest BCUT2D eigenvalue weighted by atomic mass is 9.86. The number of hydrogen-bond acceptors (Lipinski definition) is 3. The van der Waals surface area contributed by atoms with Crippen LogP contribution in [0, 0.1) is 5.92 Å². The number of fused-ring (bicyclic) bond motifs is 1. The Hall–Kier alpha value is -1.85. The van der Waals surface area contributed by atoms with Gasteiger partial charge in [-0.3, -0.25) is 9.48 Å². The third-order valence-corrected chi connectivity index (χ3v) is 5.39. The first-order valence-electron chi connectivity index (χ1n) is 8.80. The van der Waals surface area contributed by atoms with Gasteiger partial charge < -0.3 is 10.6 Å². The fraction of sp³-hybridized carbons (Fsp3) is 0.474. The molecule has 3 atom stereocenters. The number of benzene rings is 1. The zero-order chi connectivity index (χ0) is 16.5. The molecule has 5 nitrogen and oxygen atoms in total. The van der Waals surface area contributed by atoms with E-state index < -0.39 is 0 Å². The van der Waals surface area contributed by atoms with Gasteiger partial charge in [-0.25, -0.2) is 0 Å². The van der Waals surface area contributed by atoms with Crippen molar-refractivity contribution in [2.75, 3.05) is 13.1 Å². The molecule has 1 amide bonds. The van der Waals surface area contributed by atoms with Crippen molar-refractivity contribution >= 4 is 18.3 Å². The Morgan fingerprint density at radius 2 is 2.16 bits per heavy atom. The highest BCUT2D eigenvalue weighted by Gasteiger charge is 2.36. The summed E-state index contributed by atoms with van der Waals surface area (Å²) in [6.45, 7) is 1.57. The van der Waals surface area contributed by atoms with Gasteiger partial charge in [-0.1, -0.05) is 24.3 Å². The molecule has 1 aliphatic heterocycles. The van der Waals surface area contributed by atoms with E-state index in [2.05, 4.69) is 40.0 Å². The molecule has 25 heavy (non-hydrogen) atoms. The first kappa shape index (κ1) is 18.0. The van der Waals surface area contributed by atoms with E-state index in [1.165, 1.54) is 11.1 Å². The third kappa shape index (κ3) is 3.58. The van der Waals surface area contributed by atoms with Gasteiger partial charge in [0.2, 0.25) is 5.91 Å². The van der Waals surface area contributed by atoms with E-state index in [0.717, 1.165) is 37.9 Å². The summed E-state index contributed by atoms with van der Waals surface area (Å²) in [4.78, 5) is 12.9.